The Hall–Kier alpha value is -4.33. The number of ether oxygens (including phenoxy) is 3. The first kappa shape index (κ1) is 20.9. The van der Waals surface area contributed by atoms with Crippen molar-refractivity contribution in [2.75, 3.05) is 18.5 Å². The van der Waals surface area contributed by atoms with E-state index in [1.165, 1.54) is 6.21 Å². The van der Waals surface area contributed by atoms with Gasteiger partial charge in [-0.25, -0.2) is 5.43 Å². The molecule has 0 saturated heterocycles. The molecule has 2 amide bonds. The molecule has 1 atom stereocenters. The Kier molecular flexibility index (Phi) is 6.62. The van der Waals surface area contributed by atoms with Crippen LogP contribution in [0.25, 0.3) is 0 Å². The average molecular weight is 431 g/mol. The maximum Gasteiger partial charge on any atom is 0.284 e. The molecule has 0 aliphatic carbocycles. The number of para-hydroxylation sites is 3. The van der Waals surface area contributed by atoms with E-state index in [1.807, 2.05) is 30.3 Å². The normalized spacial score (nSPS) is 14.6. The van der Waals surface area contributed by atoms with Crippen molar-refractivity contribution in [1.29, 1.82) is 0 Å². The Morgan fingerprint density at radius 2 is 1.69 bits per heavy atom. The molecule has 3 aromatic carbocycles. The molecule has 0 fully saturated rings. The molecule has 1 aliphatic rings. The van der Waals surface area contributed by atoms with Gasteiger partial charge in [0.1, 0.15) is 12.4 Å². The Balaban J connectivity index is 1.22. The molecule has 0 saturated carbocycles. The second-order valence-corrected chi connectivity index (χ2v) is 6.87. The molecular formula is C24H21N3O5. The molecule has 8 heteroatoms. The quantitative estimate of drug-likeness (QED) is 0.443. The first-order chi connectivity index (χ1) is 15.7. The van der Waals surface area contributed by atoms with Crippen molar-refractivity contribution in [3.05, 3.63) is 84.4 Å². The number of nitrogens with one attached hydrogen (secondary N) is 2. The van der Waals surface area contributed by atoms with Crippen LogP contribution in [0.15, 0.2) is 84.0 Å². The van der Waals surface area contributed by atoms with Crippen molar-refractivity contribution < 1.29 is 23.8 Å². The number of amides is 2. The van der Waals surface area contributed by atoms with E-state index in [-0.39, 0.29) is 19.1 Å². The molecule has 0 aromatic heterocycles. The van der Waals surface area contributed by atoms with Gasteiger partial charge in [-0.05, 0) is 54.1 Å². The fourth-order valence-electron chi connectivity index (χ4n) is 2.91. The fraction of sp³-hybridized carbons (Fsp3) is 0.125. The maximum absolute atomic E-state index is 12.2. The van der Waals surface area contributed by atoms with Crippen LogP contribution in [-0.2, 0) is 9.59 Å². The highest BCUT2D eigenvalue weighted by molar-refractivity contribution is 5.91. The van der Waals surface area contributed by atoms with Crippen LogP contribution in [0.1, 0.15) is 5.56 Å². The lowest BCUT2D eigenvalue weighted by molar-refractivity contribution is -0.130. The molecule has 8 nitrogen and oxygen atoms in total. The molecule has 162 valence electrons. The molecule has 0 radical (unpaired) electrons. The van der Waals surface area contributed by atoms with Gasteiger partial charge < -0.3 is 19.5 Å². The summed E-state index contributed by atoms with van der Waals surface area (Å²) in [5.74, 6) is 1.03. The van der Waals surface area contributed by atoms with E-state index in [0.717, 1.165) is 5.56 Å². The standard InChI is InChI=1S/C24H21N3O5/c28-23(26-18-6-2-1-3-7-18)16-30-19-12-10-17(11-13-19)14-25-27-24(29)22-15-31-20-8-4-5-9-21(20)32-22/h1-14,22H,15-16H2,(H,26,28)(H,27,29)/b25-14-/t22-/m0/s1. The van der Waals surface area contributed by atoms with Gasteiger partial charge in [-0.1, -0.05) is 30.3 Å². The fourth-order valence-corrected chi connectivity index (χ4v) is 2.91. The van der Waals surface area contributed by atoms with E-state index in [0.29, 0.717) is 22.9 Å². The lowest BCUT2D eigenvalue weighted by Crippen LogP contribution is -2.42. The highest BCUT2D eigenvalue weighted by Gasteiger charge is 2.26. The minimum absolute atomic E-state index is 0.106. The summed E-state index contributed by atoms with van der Waals surface area (Å²) < 4.78 is 16.7. The predicted molar refractivity (Wildman–Crippen MR) is 119 cm³/mol. The molecule has 0 spiro atoms. The van der Waals surface area contributed by atoms with Crippen molar-refractivity contribution in [1.82, 2.24) is 5.43 Å². The Morgan fingerprint density at radius 3 is 2.47 bits per heavy atom. The van der Waals surface area contributed by atoms with Crippen molar-refractivity contribution in [3.8, 4) is 17.2 Å². The minimum Gasteiger partial charge on any atom is -0.485 e. The summed E-state index contributed by atoms with van der Waals surface area (Å²) in [5.41, 5.74) is 3.91. The summed E-state index contributed by atoms with van der Waals surface area (Å²) in [5, 5.41) is 6.71. The van der Waals surface area contributed by atoms with Gasteiger partial charge in [0.15, 0.2) is 18.1 Å². The number of hydrogen-bond donors (Lipinski definition) is 2. The highest BCUT2D eigenvalue weighted by Crippen LogP contribution is 2.30. The zero-order valence-electron chi connectivity index (χ0n) is 17.1. The molecule has 1 heterocycles. The number of carbonyl (C=O) groups is 2. The van der Waals surface area contributed by atoms with E-state index in [2.05, 4.69) is 15.8 Å². The van der Waals surface area contributed by atoms with Crippen LogP contribution < -0.4 is 25.0 Å². The second kappa shape index (κ2) is 10.1. The minimum atomic E-state index is -0.778. The summed E-state index contributed by atoms with van der Waals surface area (Å²) in [4.78, 5) is 24.2. The maximum atomic E-state index is 12.2. The van der Waals surface area contributed by atoms with Gasteiger partial charge in [0.2, 0.25) is 6.10 Å². The summed E-state index contributed by atoms with van der Waals surface area (Å²) >= 11 is 0. The molecule has 0 bridgehead atoms. The first-order valence-corrected chi connectivity index (χ1v) is 9.96. The largest absolute Gasteiger partial charge is 0.485 e. The number of benzene rings is 3. The molecule has 1 aliphatic heterocycles. The van der Waals surface area contributed by atoms with Crippen molar-refractivity contribution in [2.45, 2.75) is 6.10 Å². The topological polar surface area (TPSA) is 98.2 Å². The van der Waals surface area contributed by atoms with Gasteiger partial charge in [0, 0.05) is 5.69 Å². The van der Waals surface area contributed by atoms with Crippen LogP contribution in [0.4, 0.5) is 5.69 Å². The second-order valence-electron chi connectivity index (χ2n) is 6.87. The molecule has 0 unspecified atom stereocenters. The van der Waals surface area contributed by atoms with E-state index in [1.54, 1.807) is 48.5 Å². The number of rotatable bonds is 7. The first-order valence-electron chi connectivity index (χ1n) is 9.96. The van der Waals surface area contributed by atoms with E-state index >= 15 is 0 Å². The number of hydrazone groups is 1. The van der Waals surface area contributed by atoms with Gasteiger partial charge >= 0.3 is 0 Å². The van der Waals surface area contributed by atoms with Crippen LogP contribution in [0.5, 0.6) is 17.2 Å². The third-order valence-electron chi connectivity index (χ3n) is 4.50. The summed E-state index contributed by atoms with van der Waals surface area (Å²) in [6.45, 7) is 0.00717. The van der Waals surface area contributed by atoms with Gasteiger partial charge in [-0.3, -0.25) is 9.59 Å². The predicted octanol–water partition coefficient (Wildman–Crippen LogP) is 2.99. The van der Waals surface area contributed by atoms with E-state index in [9.17, 15) is 9.59 Å². The number of hydrogen-bond acceptors (Lipinski definition) is 6. The summed E-state index contributed by atoms with van der Waals surface area (Å²) in [6, 6.07) is 23.3. The highest BCUT2D eigenvalue weighted by atomic mass is 16.6. The third-order valence-corrected chi connectivity index (χ3v) is 4.50. The SMILES string of the molecule is O=C(COc1ccc(/C=N\NC(=O)[C@@H]2COc3ccccc3O2)cc1)Nc1ccccc1. The number of anilines is 1. The molecule has 2 N–H and O–H groups in total. The van der Waals surface area contributed by atoms with Crippen LogP contribution in [0, 0.1) is 0 Å². The van der Waals surface area contributed by atoms with Crippen LogP contribution in [-0.4, -0.2) is 37.3 Å². The lowest BCUT2D eigenvalue weighted by atomic mass is 10.2. The van der Waals surface area contributed by atoms with Crippen molar-refractivity contribution >= 4 is 23.7 Å². The van der Waals surface area contributed by atoms with E-state index in [4.69, 9.17) is 14.2 Å². The molecule has 3 aromatic rings. The number of fused-ring (bicyclic) bond motifs is 1. The lowest BCUT2D eigenvalue weighted by Gasteiger charge is -2.24. The van der Waals surface area contributed by atoms with Gasteiger partial charge in [-0.2, -0.15) is 5.10 Å². The summed E-state index contributed by atoms with van der Waals surface area (Å²) in [7, 11) is 0. The van der Waals surface area contributed by atoms with Gasteiger partial charge in [-0.15, -0.1) is 0 Å². The van der Waals surface area contributed by atoms with Crippen LogP contribution in [0.3, 0.4) is 0 Å². The molecule has 32 heavy (non-hydrogen) atoms. The van der Waals surface area contributed by atoms with Crippen LogP contribution >= 0.6 is 0 Å². The summed E-state index contributed by atoms with van der Waals surface area (Å²) in [6.07, 6.45) is 0.724. The number of nitrogens with zero attached hydrogens (tertiary/aromatic N) is 1. The van der Waals surface area contributed by atoms with E-state index < -0.39 is 12.0 Å². The molecule has 4 rings (SSSR count). The zero-order chi connectivity index (χ0) is 22.2. The smallest absolute Gasteiger partial charge is 0.284 e. The molecular weight excluding hydrogens is 410 g/mol. The Labute approximate surface area is 184 Å². The van der Waals surface area contributed by atoms with Crippen molar-refractivity contribution in [2.24, 2.45) is 5.10 Å². The van der Waals surface area contributed by atoms with Gasteiger partial charge in [0.05, 0.1) is 6.21 Å². The third kappa shape index (κ3) is 5.63. The van der Waals surface area contributed by atoms with Crippen molar-refractivity contribution in [3.63, 3.8) is 0 Å². The average Bonchev–Trinajstić information content (AvgIpc) is 2.84. The van der Waals surface area contributed by atoms with Gasteiger partial charge in [0.25, 0.3) is 11.8 Å². The van der Waals surface area contributed by atoms with Crippen LogP contribution in [0.2, 0.25) is 0 Å². The number of carbonyl (C=O) groups excluding carboxylic acids is 2. The Morgan fingerprint density at radius 1 is 0.969 bits per heavy atom. The Bertz CT molecular complexity index is 1100. The monoisotopic (exact) mass is 431 g/mol. The zero-order valence-corrected chi connectivity index (χ0v) is 17.1.